The van der Waals surface area contributed by atoms with Crippen molar-refractivity contribution in [3.05, 3.63) is 113 Å². The Kier molecular flexibility index (Phi) is 18.2. The van der Waals surface area contributed by atoms with Crippen LogP contribution in [0.25, 0.3) is 21.5 Å². The molecule has 0 aliphatic heterocycles. The molecule has 4 aromatic rings. The molecule has 0 N–H and O–H groups in total. The zero-order valence-electron chi connectivity index (χ0n) is 30.5. The van der Waals surface area contributed by atoms with E-state index in [0.29, 0.717) is 11.3 Å². The van der Waals surface area contributed by atoms with Gasteiger partial charge in [0.05, 0.1) is 0 Å². The van der Waals surface area contributed by atoms with Crippen molar-refractivity contribution in [1.29, 1.82) is 0 Å². The molecule has 6 heteroatoms. The summed E-state index contributed by atoms with van der Waals surface area (Å²) in [6, 6.07) is 23.1. The van der Waals surface area contributed by atoms with Gasteiger partial charge in [-0.05, 0) is 10.8 Å². The van der Waals surface area contributed by atoms with E-state index in [4.69, 9.17) is 0 Å². The molecule has 0 amide bonds. The summed E-state index contributed by atoms with van der Waals surface area (Å²) < 4.78 is 38.7. The first-order valence-electron chi connectivity index (χ1n) is 16.1. The number of rotatable bonds is 2. The van der Waals surface area contributed by atoms with E-state index in [0.717, 1.165) is 18.6 Å². The summed E-state index contributed by atoms with van der Waals surface area (Å²) in [5.41, 5.74) is 5.82. The second-order valence-corrected chi connectivity index (χ2v) is 14.9. The summed E-state index contributed by atoms with van der Waals surface area (Å²) in [5.74, 6) is 0.573. The third kappa shape index (κ3) is 12.8. The van der Waals surface area contributed by atoms with Crippen LogP contribution in [0.5, 0.6) is 0 Å². The van der Waals surface area contributed by atoms with Crippen LogP contribution in [0.4, 0.5) is 13.2 Å². The number of allylic oxidation sites excluding steroid dienone is 4. The molecule has 0 saturated carbocycles. The van der Waals surface area contributed by atoms with Crippen molar-refractivity contribution in [2.24, 2.45) is 11.3 Å². The topological polar surface area (TPSA) is 0 Å². The Hall–Kier alpha value is -1.87. The summed E-state index contributed by atoms with van der Waals surface area (Å²) in [4.78, 5) is 0. The molecule has 1 atom stereocenters. The summed E-state index contributed by atoms with van der Waals surface area (Å²) in [6.45, 7) is 25.0. The van der Waals surface area contributed by atoms with Crippen LogP contribution in [-0.2, 0) is 41.2 Å². The van der Waals surface area contributed by atoms with Gasteiger partial charge in [0.15, 0.2) is 0 Å². The van der Waals surface area contributed by atoms with E-state index < -0.39 is 11.7 Å². The Morgan fingerprint density at radius 2 is 1.12 bits per heavy atom. The first kappa shape index (κ1) is 46.1. The third-order valence-corrected chi connectivity index (χ3v) is 8.14. The molecule has 0 nitrogen and oxygen atoms in total. The zero-order chi connectivity index (χ0) is 35.1. The first-order valence-corrected chi connectivity index (χ1v) is 17.9. The van der Waals surface area contributed by atoms with E-state index in [-0.39, 0.29) is 35.6 Å². The van der Waals surface area contributed by atoms with E-state index in [1.165, 1.54) is 86.6 Å². The number of halogens is 5. The SMILES string of the molecule is CC(C)(C)c1ccc2[cH-]c3ccc(C(C)(C)C)cc3c2c1.CCC1=[C-]C(CC)C=C1C(C)(C)C.FC(F)(F)c1cc[c-]cc1.[CH2]=[Zr+2].[Cl-].[Cl-]. The molecule has 48 heavy (non-hydrogen) atoms. The van der Waals surface area contributed by atoms with E-state index in [1.807, 2.05) is 0 Å². The number of benzene rings is 3. The molecule has 1 aliphatic rings. The van der Waals surface area contributed by atoms with Gasteiger partial charge in [0, 0.05) is 0 Å². The fourth-order valence-corrected chi connectivity index (χ4v) is 5.37. The molecule has 0 aromatic heterocycles. The number of fused-ring (bicyclic) bond motifs is 3. The fourth-order valence-electron chi connectivity index (χ4n) is 5.37. The van der Waals surface area contributed by atoms with Crippen LogP contribution in [0, 0.1) is 23.5 Å². The molecule has 0 heterocycles. The number of hydrogen-bond donors (Lipinski definition) is 0. The van der Waals surface area contributed by atoms with Crippen molar-refractivity contribution in [1.82, 2.24) is 0 Å². The molecule has 1 unspecified atom stereocenters. The van der Waals surface area contributed by atoms with Gasteiger partial charge in [-0.1, -0.05) is 141 Å². The molecule has 1 aliphatic carbocycles. The largest absolute Gasteiger partial charge is 1.00 e. The minimum atomic E-state index is -4.23. The van der Waals surface area contributed by atoms with Crippen molar-refractivity contribution in [2.75, 3.05) is 0 Å². The predicted molar refractivity (Wildman–Crippen MR) is 190 cm³/mol. The first-order chi connectivity index (χ1) is 21.3. The van der Waals surface area contributed by atoms with Gasteiger partial charge in [0.1, 0.15) is 0 Å². The maximum atomic E-state index is 11.8. The molecular formula is C42H52Cl2F3Zr-3. The van der Waals surface area contributed by atoms with Crippen LogP contribution >= 0.6 is 0 Å². The van der Waals surface area contributed by atoms with Crippen LogP contribution in [0.1, 0.15) is 106 Å². The standard InChI is InChI=1S/C21H25.C13H21.C7H4F3.CH2.2ClH.Zr/c1-20(2,3)16-9-7-14-11-15-8-10-17(21(4,5)6)13-19(15)18(14)12-16;1-6-10-8-11(7-2)12(9-10)13(3,4)5;8-7(9,10)6-4-2-1-3-5-6;;;;/h7-13H,1-6H3;9-10H,6-7H2,1-5H3;2-5H;1H2;2*1H;/q3*-1;;;;+2/p-2. The number of hydrogen-bond acceptors (Lipinski definition) is 0. The second-order valence-electron chi connectivity index (χ2n) is 14.9. The monoisotopic (exact) mass is 773 g/mol. The summed E-state index contributed by atoms with van der Waals surface area (Å²) in [7, 11) is 0. The maximum absolute atomic E-state index is 11.8. The fraction of sp³-hybridized carbons (Fsp3) is 0.429. The van der Waals surface area contributed by atoms with Crippen LogP contribution in [0.15, 0.2) is 84.0 Å². The van der Waals surface area contributed by atoms with E-state index >= 15 is 0 Å². The molecule has 0 fully saturated rings. The molecule has 262 valence electrons. The van der Waals surface area contributed by atoms with Gasteiger partial charge in [-0.2, -0.15) is 55.2 Å². The summed E-state index contributed by atoms with van der Waals surface area (Å²) in [5, 5.41) is 5.49. The normalized spacial score (nSPS) is 14.5. The summed E-state index contributed by atoms with van der Waals surface area (Å²) >= 11 is 1.30. The van der Waals surface area contributed by atoms with Crippen LogP contribution in [-0.4, -0.2) is 4.21 Å². The molecular weight excluding hydrogens is 724 g/mol. The molecule has 4 aromatic carbocycles. The van der Waals surface area contributed by atoms with E-state index in [2.05, 4.69) is 141 Å². The van der Waals surface area contributed by atoms with Gasteiger partial charge in [-0.3, -0.25) is 6.08 Å². The Bertz CT molecular complexity index is 1560. The average molecular weight is 776 g/mol. The maximum Gasteiger partial charge on any atom is -1.00 e. The molecule has 0 radical (unpaired) electrons. The van der Waals surface area contributed by atoms with Crippen molar-refractivity contribution in [3.63, 3.8) is 0 Å². The minimum Gasteiger partial charge on any atom is -1.00 e. The Morgan fingerprint density at radius 1 is 0.688 bits per heavy atom. The van der Waals surface area contributed by atoms with Crippen LogP contribution in [0.2, 0.25) is 0 Å². The van der Waals surface area contributed by atoms with Crippen molar-refractivity contribution in [3.8, 4) is 0 Å². The van der Waals surface area contributed by atoms with Crippen molar-refractivity contribution < 1.29 is 62.2 Å². The molecule has 5 rings (SSSR count). The van der Waals surface area contributed by atoms with Crippen molar-refractivity contribution in [2.45, 2.75) is 106 Å². The molecule has 0 saturated heterocycles. The van der Waals surface area contributed by atoms with Gasteiger partial charge in [-0.15, -0.1) is 39.7 Å². The van der Waals surface area contributed by atoms with Gasteiger partial charge in [0.2, 0.25) is 0 Å². The molecule has 0 spiro atoms. The Balaban J connectivity index is 0.000000709. The van der Waals surface area contributed by atoms with Gasteiger partial charge >= 0.3 is 34.6 Å². The summed E-state index contributed by atoms with van der Waals surface area (Å²) in [6.07, 6.45) is 4.05. The van der Waals surface area contributed by atoms with Gasteiger partial charge in [-0.25, -0.2) is 5.57 Å². The smallest absolute Gasteiger partial charge is 1.00 e. The Labute approximate surface area is 316 Å². The average Bonchev–Trinajstić information content (AvgIpc) is 3.59. The zero-order valence-corrected chi connectivity index (χ0v) is 34.5. The Morgan fingerprint density at radius 3 is 1.42 bits per heavy atom. The number of alkyl halides is 3. The molecule has 0 bridgehead atoms. The quantitative estimate of drug-likeness (QED) is 0.194. The van der Waals surface area contributed by atoms with Crippen molar-refractivity contribution >= 4 is 25.8 Å². The predicted octanol–water partition coefficient (Wildman–Crippen LogP) is 6.92. The van der Waals surface area contributed by atoms with Crippen LogP contribution < -0.4 is 24.8 Å². The second kappa shape index (κ2) is 18.9. The van der Waals surface area contributed by atoms with E-state index in [9.17, 15) is 13.2 Å². The van der Waals surface area contributed by atoms with Gasteiger partial charge in [0.25, 0.3) is 0 Å². The van der Waals surface area contributed by atoms with Crippen LogP contribution in [0.3, 0.4) is 0 Å². The van der Waals surface area contributed by atoms with E-state index in [1.54, 1.807) is 0 Å². The van der Waals surface area contributed by atoms with Gasteiger partial charge < -0.3 is 24.8 Å². The third-order valence-electron chi connectivity index (χ3n) is 8.14. The minimum absolute atomic E-state index is 0.